The molecule has 1 saturated heterocycles. The Morgan fingerprint density at radius 3 is 2.20 bits per heavy atom. The second-order valence-electron chi connectivity index (χ2n) is 8.36. The summed E-state index contributed by atoms with van der Waals surface area (Å²) >= 11 is 0. The van der Waals surface area contributed by atoms with E-state index in [1.807, 2.05) is 37.5 Å². The van der Waals surface area contributed by atoms with Crippen LogP contribution in [0.3, 0.4) is 0 Å². The summed E-state index contributed by atoms with van der Waals surface area (Å²) in [6, 6.07) is 8.18. The number of aliphatic hydroxyl groups excluding tert-OH is 1. The predicted molar refractivity (Wildman–Crippen MR) is 102 cm³/mol. The van der Waals surface area contributed by atoms with Gasteiger partial charge in [0.2, 0.25) is 5.62 Å². The lowest BCUT2D eigenvalue weighted by Crippen LogP contribution is -2.37. The van der Waals surface area contributed by atoms with E-state index in [-0.39, 0.29) is 5.41 Å². The van der Waals surface area contributed by atoms with Crippen LogP contribution in [0.5, 0.6) is 0 Å². The first-order chi connectivity index (χ1) is 11.9. The zero-order valence-electron chi connectivity index (χ0n) is 15.8. The Kier molecular flexibility index (Phi) is 5.35. The number of rotatable bonds is 5. The minimum absolute atomic E-state index is 0.198. The fourth-order valence-corrected chi connectivity index (χ4v) is 3.58. The number of nitrogens with zero attached hydrogens (tertiary/aromatic N) is 3. The third-order valence-corrected chi connectivity index (χ3v) is 5.42. The summed E-state index contributed by atoms with van der Waals surface area (Å²) in [5.41, 5.74) is 2.41. The molecule has 25 heavy (non-hydrogen) atoms. The van der Waals surface area contributed by atoms with Gasteiger partial charge in [0.15, 0.2) is 0 Å². The molecule has 0 spiro atoms. The van der Waals surface area contributed by atoms with Gasteiger partial charge in [0.05, 0.1) is 23.7 Å². The average molecular weight is 345 g/mol. The van der Waals surface area contributed by atoms with E-state index >= 15 is 0 Å². The summed E-state index contributed by atoms with van der Waals surface area (Å²) in [5.74, 6) is 0. The third-order valence-electron chi connectivity index (χ3n) is 5.42. The van der Waals surface area contributed by atoms with Crippen molar-refractivity contribution in [3.63, 3.8) is 0 Å². The molecule has 1 aliphatic rings. The van der Waals surface area contributed by atoms with E-state index in [0.717, 1.165) is 24.1 Å². The molecule has 0 saturated carbocycles. The van der Waals surface area contributed by atoms with Crippen LogP contribution in [0.25, 0.3) is 11.0 Å². The molecule has 0 radical (unpaired) electrons. The van der Waals surface area contributed by atoms with E-state index in [1.165, 1.54) is 32.4 Å². The maximum absolute atomic E-state index is 10.5. The Morgan fingerprint density at radius 2 is 1.60 bits per heavy atom. The van der Waals surface area contributed by atoms with E-state index in [9.17, 15) is 5.11 Å². The fourth-order valence-electron chi connectivity index (χ4n) is 3.58. The van der Waals surface area contributed by atoms with Crippen molar-refractivity contribution < 1.29 is 5.11 Å². The zero-order valence-corrected chi connectivity index (χ0v) is 15.8. The van der Waals surface area contributed by atoms with Crippen molar-refractivity contribution in [3.8, 4) is 0 Å². The van der Waals surface area contributed by atoms with Gasteiger partial charge in [-0.1, -0.05) is 39.3 Å². The summed E-state index contributed by atoms with van der Waals surface area (Å²) in [5, 5.41) is 19.2. The highest BCUT2D eigenvalue weighted by Gasteiger charge is 2.24. The van der Waals surface area contributed by atoms with Gasteiger partial charge in [-0.05, 0) is 43.5 Å². The van der Waals surface area contributed by atoms with E-state index in [4.69, 9.17) is 5.41 Å². The molecule has 1 aromatic carbocycles. The van der Waals surface area contributed by atoms with Crippen LogP contribution in [0.15, 0.2) is 24.3 Å². The molecule has 2 N–H and O–H groups in total. The summed E-state index contributed by atoms with van der Waals surface area (Å²) in [4.78, 5) is 2.51. The minimum atomic E-state index is -0.483. The molecule has 0 bridgehead atoms. The summed E-state index contributed by atoms with van der Waals surface area (Å²) in [7, 11) is 0. The first-order valence-electron chi connectivity index (χ1n) is 9.51. The molecule has 2 aromatic rings. The Balaban J connectivity index is 1.88. The molecule has 0 unspecified atom stereocenters. The lowest BCUT2D eigenvalue weighted by molar-refractivity contribution is 0.0477. The van der Waals surface area contributed by atoms with Crippen LogP contribution in [-0.4, -0.2) is 44.9 Å². The first-order valence-corrected chi connectivity index (χ1v) is 9.51. The first kappa shape index (κ1) is 18.2. The molecular formula is C20H32N4O. The number of imidazole rings is 1. The van der Waals surface area contributed by atoms with Crippen molar-refractivity contribution >= 4 is 11.0 Å². The Labute approximate surface area is 150 Å². The van der Waals surface area contributed by atoms with Crippen LogP contribution in [0.2, 0.25) is 0 Å². The Morgan fingerprint density at radius 1 is 1.00 bits per heavy atom. The van der Waals surface area contributed by atoms with Crippen LogP contribution < -0.4 is 5.62 Å². The number of para-hydroxylation sites is 2. The molecule has 5 heteroatoms. The number of piperidine rings is 1. The fraction of sp³-hybridized carbons (Fsp3) is 0.650. The highest BCUT2D eigenvalue weighted by Crippen LogP contribution is 2.22. The molecule has 1 fully saturated rings. The average Bonchev–Trinajstić information content (AvgIpc) is 2.85. The highest BCUT2D eigenvalue weighted by molar-refractivity contribution is 5.75. The number of aliphatic hydroxyl groups is 1. The van der Waals surface area contributed by atoms with Crippen LogP contribution in [0.4, 0.5) is 0 Å². The van der Waals surface area contributed by atoms with Crippen LogP contribution in [0.1, 0.15) is 40.0 Å². The number of hydrogen-bond donors (Lipinski definition) is 2. The number of nitrogens with one attached hydrogen (secondary N) is 1. The molecule has 0 amide bonds. The van der Waals surface area contributed by atoms with Crippen LogP contribution in [0, 0.1) is 10.8 Å². The lowest BCUT2D eigenvalue weighted by atomic mass is 9.89. The number of benzene rings is 1. The van der Waals surface area contributed by atoms with Crippen molar-refractivity contribution in [1.82, 2.24) is 14.0 Å². The van der Waals surface area contributed by atoms with Gasteiger partial charge in [0, 0.05) is 13.1 Å². The van der Waals surface area contributed by atoms with Gasteiger partial charge < -0.3 is 19.1 Å². The summed E-state index contributed by atoms with van der Waals surface area (Å²) in [6.45, 7) is 10.8. The predicted octanol–water partition coefficient (Wildman–Crippen LogP) is 2.82. The molecule has 138 valence electrons. The van der Waals surface area contributed by atoms with Gasteiger partial charge in [-0.3, -0.25) is 5.41 Å². The van der Waals surface area contributed by atoms with Crippen LogP contribution >= 0.6 is 0 Å². The van der Waals surface area contributed by atoms with Crippen molar-refractivity contribution in [2.24, 2.45) is 5.41 Å². The van der Waals surface area contributed by atoms with Gasteiger partial charge >= 0.3 is 0 Å². The molecule has 5 nitrogen and oxygen atoms in total. The number of likely N-dealkylation sites (tertiary alicyclic amines) is 1. The molecule has 1 aliphatic heterocycles. The second kappa shape index (κ2) is 7.34. The minimum Gasteiger partial charge on any atom is -0.391 e. The largest absolute Gasteiger partial charge is 0.391 e. The van der Waals surface area contributed by atoms with Crippen molar-refractivity contribution in [2.75, 3.05) is 19.6 Å². The quantitative estimate of drug-likeness (QED) is 0.876. The van der Waals surface area contributed by atoms with Crippen LogP contribution in [-0.2, 0) is 13.1 Å². The Bertz CT molecular complexity index is 762. The van der Waals surface area contributed by atoms with Gasteiger partial charge in [-0.15, -0.1) is 0 Å². The van der Waals surface area contributed by atoms with Gasteiger partial charge in [0.25, 0.3) is 0 Å². The van der Waals surface area contributed by atoms with Gasteiger partial charge in [-0.25, -0.2) is 0 Å². The highest BCUT2D eigenvalue weighted by atomic mass is 16.3. The SMILES string of the molecule is CC(C)(C)[C@@H](O)Cn1c(=N)n(CCN2CCCCC2)c2ccccc21. The molecule has 1 aromatic heterocycles. The molecule has 2 heterocycles. The topological polar surface area (TPSA) is 57.2 Å². The standard InChI is InChI=1S/C20H32N4O/c1-20(2,3)18(25)15-24-17-10-6-5-9-16(17)23(19(24)21)14-13-22-11-7-4-8-12-22/h5-6,9-10,18,21,25H,4,7-8,11-15H2,1-3H3/t18-/m0/s1. The van der Waals surface area contributed by atoms with Gasteiger partial charge in [0.1, 0.15) is 0 Å². The normalized spacial score (nSPS) is 17.9. The monoisotopic (exact) mass is 344 g/mol. The third kappa shape index (κ3) is 3.98. The molecule has 1 atom stereocenters. The summed E-state index contributed by atoms with van der Waals surface area (Å²) < 4.78 is 4.06. The number of fused-ring (bicyclic) bond motifs is 1. The van der Waals surface area contributed by atoms with E-state index in [2.05, 4.69) is 21.6 Å². The Hall–Kier alpha value is -1.59. The van der Waals surface area contributed by atoms with Crippen molar-refractivity contribution in [2.45, 2.75) is 59.2 Å². The van der Waals surface area contributed by atoms with E-state index in [0.29, 0.717) is 12.2 Å². The lowest BCUT2D eigenvalue weighted by Gasteiger charge is -2.26. The molecular weight excluding hydrogens is 312 g/mol. The van der Waals surface area contributed by atoms with E-state index in [1.54, 1.807) is 0 Å². The van der Waals surface area contributed by atoms with Crippen molar-refractivity contribution in [1.29, 1.82) is 5.41 Å². The maximum atomic E-state index is 10.5. The van der Waals surface area contributed by atoms with E-state index < -0.39 is 6.10 Å². The molecule has 3 rings (SSSR count). The smallest absolute Gasteiger partial charge is 0.203 e. The summed E-state index contributed by atoms with van der Waals surface area (Å²) in [6.07, 6.45) is 3.44. The van der Waals surface area contributed by atoms with Gasteiger partial charge in [-0.2, -0.15) is 0 Å². The molecule has 0 aliphatic carbocycles. The van der Waals surface area contributed by atoms with Crippen molar-refractivity contribution in [3.05, 3.63) is 29.9 Å². The maximum Gasteiger partial charge on any atom is 0.203 e. The zero-order chi connectivity index (χ0) is 18.0. The number of hydrogen-bond acceptors (Lipinski definition) is 3. The number of aromatic nitrogens is 2. The second-order valence-corrected chi connectivity index (χ2v) is 8.36.